The summed E-state index contributed by atoms with van der Waals surface area (Å²) >= 11 is 1.43. The third-order valence-electron chi connectivity index (χ3n) is 3.93. The molecule has 2 rings (SSSR count). The zero-order chi connectivity index (χ0) is 13.8. The predicted octanol–water partition coefficient (Wildman–Crippen LogP) is 2.26. The highest BCUT2D eigenvalue weighted by atomic mass is 32.1. The summed E-state index contributed by atoms with van der Waals surface area (Å²) in [5.74, 6) is 6.61. The molecule has 0 spiro atoms. The quantitative estimate of drug-likeness (QED) is 0.815. The molecule has 102 valence electrons. The smallest absolute Gasteiger partial charge is 0.252 e. The van der Waals surface area contributed by atoms with E-state index in [-0.39, 0.29) is 18.6 Å². The molecular formula is C15H19NO2S. The van der Waals surface area contributed by atoms with Crippen LogP contribution in [0.1, 0.15) is 41.9 Å². The Morgan fingerprint density at radius 2 is 2.32 bits per heavy atom. The molecule has 2 N–H and O–H groups in total. The second-order valence-electron chi connectivity index (χ2n) is 5.15. The maximum Gasteiger partial charge on any atom is 0.252 e. The second-order valence-corrected chi connectivity index (χ2v) is 6.06. The first kappa shape index (κ1) is 14.1. The van der Waals surface area contributed by atoms with Gasteiger partial charge in [-0.25, -0.2) is 0 Å². The van der Waals surface area contributed by atoms with E-state index < -0.39 is 0 Å². The number of rotatable bonds is 2. The largest absolute Gasteiger partial charge is 0.384 e. The number of hydrogen-bond acceptors (Lipinski definition) is 3. The van der Waals surface area contributed by atoms with Crippen LogP contribution in [-0.2, 0) is 0 Å². The number of carbonyl (C=O) groups excluding carboxylic acids is 1. The monoisotopic (exact) mass is 277 g/mol. The number of amides is 1. The van der Waals surface area contributed by atoms with Crippen molar-refractivity contribution in [3.63, 3.8) is 0 Å². The van der Waals surface area contributed by atoms with Crippen molar-refractivity contribution >= 4 is 17.2 Å². The van der Waals surface area contributed by atoms with E-state index in [4.69, 9.17) is 5.11 Å². The predicted molar refractivity (Wildman–Crippen MR) is 77.1 cm³/mol. The molecule has 1 aliphatic carbocycles. The van der Waals surface area contributed by atoms with Crippen LogP contribution < -0.4 is 5.32 Å². The van der Waals surface area contributed by atoms with Crippen molar-refractivity contribution in [3.8, 4) is 11.8 Å². The fourth-order valence-electron chi connectivity index (χ4n) is 2.47. The Labute approximate surface area is 118 Å². The number of nitrogens with one attached hydrogen (secondary N) is 1. The van der Waals surface area contributed by atoms with E-state index in [0.717, 1.165) is 11.3 Å². The molecule has 1 fully saturated rings. The number of aliphatic hydroxyl groups excluding tert-OH is 1. The third kappa shape index (κ3) is 3.37. The zero-order valence-electron chi connectivity index (χ0n) is 11.3. The maximum atomic E-state index is 12.1. The second kappa shape index (κ2) is 6.23. The molecule has 0 saturated heterocycles. The summed E-state index contributed by atoms with van der Waals surface area (Å²) in [4.78, 5) is 13.0. The Hall–Kier alpha value is -1.31. The fraction of sp³-hybridized carbons (Fsp3) is 0.533. The van der Waals surface area contributed by atoms with Crippen LogP contribution in [0.15, 0.2) is 11.4 Å². The third-order valence-corrected chi connectivity index (χ3v) is 4.78. The van der Waals surface area contributed by atoms with Gasteiger partial charge in [0.2, 0.25) is 0 Å². The van der Waals surface area contributed by atoms with Crippen LogP contribution in [0.3, 0.4) is 0 Å². The van der Waals surface area contributed by atoms with E-state index in [1.54, 1.807) is 6.07 Å². The zero-order valence-corrected chi connectivity index (χ0v) is 12.1. The molecular weight excluding hydrogens is 258 g/mol. The van der Waals surface area contributed by atoms with Gasteiger partial charge in [0.15, 0.2) is 0 Å². The van der Waals surface area contributed by atoms with Crippen LogP contribution in [0.5, 0.6) is 0 Å². The van der Waals surface area contributed by atoms with Crippen LogP contribution in [0.2, 0.25) is 0 Å². The summed E-state index contributed by atoms with van der Waals surface area (Å²) in [7, 11) is 0. The molecule has 1 aromatic heterocycles. The van der Waals surface area contributed by atoms with Gasteiger partial charge >= 0.3 is 0 Å². The highest BCUT2D eigenvalue weighted by molar-refractivity contribution is 7.10. The molecule has 3 atom stereocenters. The van der Waals surface area contributed by atoms with Gasteiger partial charge < -0.3 is 10.4 Å². The molecule has 3 unspecified atom stereocenters. The summed E-state index contributed by atoms with van der Waals surface area (Å²) in [5.41, 5.74) is 0.666. The van der Waals surface area contributed by atoms with E-state index in [9.17, 15) is 4.79 Å². The van der Waals surface area contributed by atoms with E-state index in [1.165, 1.54) is 17.8 Å². The Morgan fingerprint density at radius 1 is 1.53 bits per heavy atom. The summed E-state index contributed by atoms with van der Waals surface area (Å²) in [6.45, 7) is 4.29. The van der Waals surface area contributed by atoms with Gasteiger partial charge in [0, 0.05) is 11.4 Å². The summed E-state index contributed by atoms with van der Waals surface area (Å²) in [6, 6.07) is 2.07. The Balaban J connectivity index is 1.98. The lowest BCUT2D eigenvalue weighted by molar-refractivity contribution is 0.0928. The lowest BCUT2D eigenvalue weighted by atomic mass is 9.98. The highest BCUT2D eigenvalue weighted by Gasteiger charge is 2.30. The molecule has 1 heterocycles. The average molecular weight is 277 g/mol. The van der Waals surface area contributed by atoms with Gasteiger partial charge in [-0.3, -0.25) is 4.79 Å². The SMILES string of the molecule is CC1CCC(NC(=O)c2csc(C#CCO)c2)C1C. The fourth-order valence-corrected chi connectivity index (χ4v) is 3.22. The lowest BCUT2D eigenvalue weighted by Crippen LogP contribution is -2.37. The molecule has 19 heavy (non-hydrogen) atoms. The summed E-state index contributed by atoms with van der Waals surface area (Å²) < 4.78 is 0. The van der Waals surface area contributed by atoms with Crippen molar-refractivity contribution < 1.29 is 9.90 Å². The maximum absolute atomic E-state index is 12.1. The van der Waals surface area contributed by atoms with Crippen LogP contribution in [0.25, 0.3) is 0 Å². The van der Waals surface area contributed by atoms with Crippen molar-refractivity contribution in [2.45, 2.75) is 32.7 Å². The number of aliphatic hydroxyl groups is 1. The minimum atomic E-state index is -0.156. The van der Waals surface area contributed by atoms with Gasteiger partial charge in [0.05, 0.1) is 10.4 Å². The molecule has 0 radical (unpaired) electrons. The first-order valence-electron chi connectivity index (χ1n) is 6.61. The molecule has 1 aliphatic rings. The van der Waals surface area contributed by atoms with Gasteiger partial charge in [-0.05, 0) is 30.7 Å². The first-order chi connectivity index (χ1) is 9.11. The first-order valence-corrected chi connectivity index (χ1v) is 7.49. The molecule has 0 aliphatic heterocycles. The Morgan fingerprint density at radius 3 is 2.95 bits per heavy atom. The summed E-state index contributed by atoms with van der Waals surface area (Å²) in [6.07, 6.45) is 2.25. The topological polar surface area (TPSA) is 49.3 Å². The molecule has 1 saturated carbocycles. The molecule has 0 bridgehead atoms. The minimum absolute atomic E-state index is 0.0146. The molecule has 0 aromatic carbocycles. The van der Waals surface area contributed by atoms with Gasteiger partial charge in [0.1, 0.15) is 6.61 Å². The van der Waals surface area contributed by atoms with Gasteiger partial charge in [-0.15, -0.1) is 11.3 Å². The van der Waals surface area contributed by atoms with Crippen LogP contribution in [0, 0.1) is 23.7 Å². The lowest BCUT2D eigenvalue weighted by Gasteiger charge is -2.19. The number of thiophene rings is 1. The average Bonchev–Trinajstić information content (AvgIpc) is 2.98. The van der Waals surface area contributed by atoms with Crippen LogP contribution in [0.4, 0.5) is 0 Å². The van der Waals surface area contributed by atoms with E-state index >= 15 is 0 Å². The van der Waals surface area contributed by atoms with Crippen molar-refractivity contribution in [2.24, 2.45) is 11.8 Å². The normalized spacial score (nSPS) is 25.7. The van der Waals surface area contributed by atoms with E-state index in [2.05, 4.69) is 31.0 Å². The Bertz CT molecular complexity index is 512. The standard InChI is InChI=1S/C15H19NO2S/c1-10-5-6-14(11(10)2)16-15(18)12-8-13(19-9-12)4-3-7-17/h8-11,14,17H,5-7H2,1-2H3,(H,16,18). The van der Waals surface area contributed by atoms with E-state index in [0.29, 0.717) is 17.4 Å². The Kier molecular flexibility index (Phi) is 4.62. The molecule has 3 nitrogen and oxygen atoms in total. The number of carbonyl (C=O) groups is 1. The van der Waals surface area contributed by atoms with Crippen molar-refractivity contribution in [1.29, 1.82) is 0 Å². The van der Waals surface area contributed by atoms with Crippen LogP contribution >= 0.6 is 11.3 Å². The summed E-state index contributed by atoms with van der Waals surface area (Å²) in [5, 5.41) is 13.6. The number of hydrogen-bond donors (Lipinski definition) is 2. The van der Waals surface area contributed by atoms with Gasteiger partial charge in [-0.1, -0.05) is 25.7 Å². The highest BCUT2D eigenvalue weighted by Crippen LogP contribution is 2.31. The van der Waals surface area contributed by atoms with Crippen molar-refractivity contribution in [1.82, 2.24) is 5.32 Å². The van der Waals surface area contributed by atoms with Crippen molar-refractivity contribution in [2.75, 3.05) is 6.61 Å². The molecule has 1 aromatic rings. The van der Waals surface area contributed by atoms with Gasteiger partial charge in [0.25, 0.3) is 5.91 Å². The van der Waals surface area contributed by atoms with Crippen LogP contribution in [-0.4, -0.2) is 23.7 Å². The van der Waals surface area contributed by atoms with Crippen molar-refractivity contribution in [3.05, 3.63) is 21.9 Å². The molecule has 4 heteroatoms. The van der Waals surface area contributed by atoms with E-state index in [1.807, 2.05) is 5.38 Å². The molecule has 1 amide bonds. The van der Waals surface area contributed by atoms with Gasteiger partial charge in [-0.2, -0.15) is 0 Å². The minimum Gasteiger partial charge on any atom is -0.384 e.